The number of ether oxygens (including phenoxy) is 1. The van der Waals surface area contributed by atoms with Gasteiger partial charge in [-0.25, -0.2) is 4.57 Å². The molecule has 6 heteroatoms. The molecule has 240 valence electrons. The Kier molecular flexibility index (Phi) is 17.6. The second kappa shape index (κ2) is 20.9. The predicted octanol–water partition coefficient (Wildman–Crippen LogP) is 6.11. The Morgan fingerprint density at radius 2 is 1.36 bits per heavy atom. The smallest absolute Gasteiger partial charge is 0.228 e. The molecule has 0 saturated heterocycles. The molecule has 5 nitrogen and oxygen atoms in total. The minimum absolute atomic E-state index is 0. The molecule has 1 heterocycles. The Morgan fingerprint density at radius 3 is 2.00 bits per heavy atom. The number of pyridine rings is 1. The zero-order valence-electron chi connectivity index (χ0n) is 27.4. The molecule has 3 rings (SSSR count). The minimum Gasteiger partial charge on any atom is -1.00 e. The van der Waals surface area contributed by atoms with E-state index in [0.717, 1.165) is 29.7 Å². The van der Waals surface area contributed by atoms with E-state index in [0.29, 0.717) is 24.5 Å². The first-order chi connectivity index (χ1) is 20.9. The molecule has 0 fully saturated rings. The number of amides is 1. The summed E-state index contributed by atoms with van der Waals surface area (Å²) in [5.74, 6) is 0.364. The summed E-state index contributed by atoms with van der Waals surface area (Å²) in [6.45, 7) is 9.23. The summed E-state index contributed by atoms with van der Waals surface area (Å²) in [7, 11) is 0. The Labute approximate surface area is 276 Å². The third kappa shape index (κ3) is 12.9. The van der Waals surface area contributed by atoms with Crippen LogP contribution in [0.4, 0.5) is 5.69 Å². The summed E-state index contributed by atoms with van der Waals surface area (Å²) in [5.41, 5.74) is 5.58. The number of carbonyl (C=O) groups excluding carboxylic acids is 2. The van der Waals surface area contributed by atoms with Crippen LogP contribution in [0.2, 0.25) is 0 Å². The van der Waals surface area contributed by atoms with Gasteiger partial charge in [0.2, 0.25) is 5.91 Å². The average Bonchev–Trinajstić information content (AvgIpc) is 2.98. The highest BCUT2D eigenvalue weighted by molar-refractivity contribution is 5.98. The lowest BCUT2D eigenvalue weighted by atomic mass is 10.0. The maximum absolute atomic E-state index is 13.2. The van der Waals surface area contributed by atoms with Gasteiger partial charge in [-0.15, -0.1) is 0 Å². The summed E-state index contributed by atoms with van der Waals surface area (Å²) >= 11 is 0. The van der Waals surface area contributed by atoms with Gasteiger partial charge in [0.05, 0.1) is 24.3 Å². The van der Waals surface area contributed by atoms with E-state index in [1.165, 1.54) is 75.3 Å². The van der Waals surface area contributed by atoms with Crippen LogP contribution in [0.25, 0.3) is 0 Å². The van der Waals surface area contributed by atoms with E-state index >= 15 is 0 Å². The zero-order chi connectivity index (χ0) is 30.9. The SMILES string of the molecule is CCCCCCCCCCCCCCOc1c(CC(=O)Nc2ccccc2C[n+]2ccc(C)c(C)c2)cccc1C(C)=O.[Br-]. The number of aromatic nitrogens is 1. The van der Waals surface area contributed by atoms with Gasteiger partial charge in [-0.2, -0.15) is 0 Å². The monoisotopic (exact) mass is 664 g/mol. The van der Waals surface area contributed by atoms with Crippen molar-refractivity contribution in [2.24, 2.45) is 0 Å². The van der Waals surface area contributed by atoms with Gasteiger partial charge in [-0.05, 0) is 44.9 Å². The molecule has 3 aromatic rings. The van der Waals surface area contributed by atoms with E-state index in [-0.39, 0.29) is 35.1 Å². The van der Waals surface area contributed by atoms with Crippen LogP contribution >= 0.6 is 0 Å². The summed E-state index contributed by atoms with van der Waals surface area (Å²) in [6.07, 6.45) is 19.7. The molecular formula is C38H53BrN2O3. The molecule has 0 atom stereocenters. The fraction of sp³-hybridized carbons (Fsp3) is 0.500. The average molecular weight is 666 g/mol. The number of carbonyl (C=O) groups is 2. The van der Waals surface area contributed by atoms with Crippen LogP contribution < -0.4 is 31.6 Å². The van der Waals surface area contributed by atoms with E-state index in [1.54, 1.807) is 13.0 Å². The molecule has 1 amide bonds. The van der Waals surface area contributed by atoms with Gasteiger partial charge >= 0.3 is 0 Å². The number of aryl methyl sites for hydroxylation is 2. The van der Waals surface area contributed by atoms with Crippen molar-refractivity contribution in [2.75, 3.05) is 11.9 Å². The first kappa shape index (κ1) is 37.2. The summed E-state index contributed by atoms with van der Waals surface area (Å²) < 4.78 is 8.32. The molecule has 0 unspecified atom stereocenters. The van der Waals surface area contributed by atoms with E-state index in [1.807, 2.05) is 36.4 Å². The number of ketones is 1. The molecule has 2 aromatic carbocycles. The van der Waals surface area contributed by atoms with Crippen molar-refractivity contribution in [2.45, 2.75) is 118 Å². The molecule has 1 N–H and O–H groups in total. The first-order valence-electron chi connectivity index (χ1n) is 16.5. The number of nitrogens with one attached hydrogen (secondary N) is 1. The lowest BCUT2D eigenvalue weighted by molar-refractivity contribution is -0.688. The van der Waals surface area contributed by atoms with Gasteiger partial charge in [0.1, 0.15) is 5.75 Å². The largest absolute Gasteiger partial charge is 1.00 e. The second-order valence-corrected chi connectivity index (χ2v) is 12.0. The molecule has 0 saturated carbocycles. The molecule has 0 aliphatic carbocycles. The molecular weight excluding hydrogens is 612 g/mol. The van der Waals surface area contributed by atoms with Crippen LogP contribution in [0, 0.1) is 13.8 Å². The molecule has 1 aromatic heterocycles. The molecule has 0 radical (unpaired) electrons. The minimum atomic E-state index is -0.131. The number of Topliss-reactive ketones (excluding diaryl/α,β-unsaturated/α-hetero) is 1. The van der Waals surface area contributed by atoms with E-state index in [2.05, 4.69) is 49.1 Å². The van der Waals surface area contributed by atoms with Crippen LogP contribution in [0.3, 0.4) is 0 Å². The highest BCUT2D eigenvalue weighted by Gasteiger charge is 2.17. The van der Waals surface area contributed by atoms with Crippen molar-refractivity contribution in [1.82, 2.24) is 0 Å². The van der Waals surface area contributed by atoms with Crippen molar-refractivity contribution in [1.29, 1.82) is 0 Å². The summed E-state index contributed by atoms with van der Waals surface area (Å²) in [5, 5.41) is 3.11. The van der Waals surface area contributed by atoms with Gasteiger partial charge < -0.3 is 27.0 Å². The van der Waals surface area contributed by atoms with Crippen LogP contribution in [0.5, 0.6) is 5.75 Å². The van der Waals surface area contributed by atoms with Crippen molar-refractivity contribution in [3.8, 4) is 5.75 Å². The normalized spacial score (nSPS) is 10.7. The zero-order valence-corrected chi connectivity index (χ0v) is 29.0. The summed E-state index contributed by atoms with van der Waals surface area (Å²) in [6, 6.07) is 15.5. The fourth-order valence-corrected chi connectivity index (χ4v) is 5.46. The Hall–Kier alpha value is -2.99. The molecule has 44 heavy (non-hydrogen) atoms. The first-order valence-corrected chi connectivity index (χ1v) is 16.5. The van der Waals surface area contributed by atoms with Crippen molar-refractivity contribution in [3.05, 3.63) is 88.7 Å². The quantitative estimate of drug-likeness (QED) is 0.0901. The van der Waals surface area contributed by atoms with Gasteiger partial charge in [0, 0.05) is 22.8 Å². The van der Waals surface area contributed by atoms with Crippen LogP contribution in [-0.4, -0.2) is 18.3 Å². The Balaban J connectivity index is 0.00000675. The van der Waals surface area contributed by atoms with Gasteiger partial charge in [-0.1, -0.05) is 108 Å². The van der Waals surface area contributed by atoms with E-state index < -0.39 is 0 Å². The third-order valence-corrected chi connectivity index (χ3v) is 8.21. The lowest BCUT2D eigenvalue weighted by Gasteiger charge is -2.15. The topological polar surface area (TPSA) is 59.3 Å². The van der Waals surface area contributed by atoms with E-state index in [4.69, 9.17) is 4.74 Å². The van der Waals surface area contributed by atoms with Gasteiger partial charge in [0.15, 0.2) is 24.7 Å². The number of para-hydroxylation sites is 2. The van der Waals surface area contributed by atoms with Gasteiger partial charge in [-0.3, -0.25) is 9.59 Å². The van der Waals surface area contributed by atoms with Crippen molar-refractivity contribution < 1.29 is 35.9 Å². The maximum atomic E-state index is 13.2. The summed E-state index contributed by atoms with van der Waals surface area (Å²) in [4.78, 5) is 25.7. The lowest BCUT2D eigenvalue weighted by Crippen LogP contribution is -3.00. The molecule has 0 aliphatic rings. The van der Waals surface area contributed by atoms with E-state index in [9.17, 15) is 9.59 Å². The highest BCUT2D eigenvalue weighted by Crippen LogP contribution is 2.27. The van der Waals surface area contributed by atoms with Crippen LogP contribution in [-0.2, 0) is 17.8 Å². The van der Waals surface area contributed by atoms with Gasteiger partial charge in [0.25, 0.3) is 0 Å². The Bertz CT molecular complexity index is 1310. The molecule has 0 spiro atoms. The van der Waals surface area contributed by atoms with Crippen LogP contribution in [0.1, 0.15) is 124 Å². The third-order valence-electron chi connectivity index (χ3n) is 8.21. The second-order valence-electron chi connectivity index (χ2n) is 12.0. The number of nitrogens with zero attached hydrogens (tertiary/aromatic N) is 1. The number of rotatable bonds is 20. The van der Waals surface area contributed by atoms with Crippen molar-refractivity contribution in [3.63, 3.8) is 0 Å². The Morgan fingerprint density at radius 1 is 0.750 bits per heavy atom. The molecule has 0 aliphatic heterocycles. The molecule has 0 bridgehead atoms. The number of hydrogen-bond acceptors (Lipinski definition) is 3. The number of hydrogen-bond donors (Lipinski definition) is 1. The van der Waals surface area contributed by atoms with Crippen molar-refractivity contribution >= 4 is 17.4 Å². The number of benzene rings is 2. The fourth-order valence-electron chi connectivity index (χ4n) is 5.46. The number of unbranched alkanes of at least 4 members (excludes halogenated alkanes) is 11. The number of halogens is 1. The maximum Gasteiger partial charge on any atom is 0.228 e. The number of anilines is 1. The van der Waals surface area contributed by atoms with Crippen LogP contribution in [0.15, 0.2) is 60.9 Å². The highest BCUT2D eigenvalue weighted by atomic mass is 79.9. The predicted molar refractivity (Wildman–Crippen MR) is 177 cm³/mol. The standard InChI is InChI=1S/C38H52N2O3.BrH/c1-5-6-7-8-9-10-11-12-13-14-15-18-26-43-38-33(21-19-22-35(38)32(4)41)27-37(42)39-36-23-17-16-20-34(36)29-40-25-24-30(2)31(3)28-40;/h16-17,19-25,28H,5-15,18,26-27,29H2,1-4H3;1H.